The lowest BCUT2D eigenvalue weighted by atomic mass is 10.1. The molecule has 0 saturated carbocycles. The molecule has 0 fully saturated rings. The van der Waals surface area contributed by atoms with Crippen LogP contribution < -0.4 is 5.32 Å². The van der Waals surface area contributed by atoms with Crippen molar-refractivity contribution in [3.63, 3.8) is 0 Å². The molecule has 0 heterocycles. The van der Waals surface area contributed by atoms with Gasteiger partial charge >= 0.3 is 0 Å². The van der Waals surface area contributed by atoms with Crippen LogP contribution in [0.1, 0.15) is 20.3 Å². The van der Waals surface area contributed by atoms with Gasteiger partial charge in [-0.2, -0.15) is 0 Å². The first kappa shape index (κ1) is 14.3. The molecule has 0 rings (SSSR count). The van der Waals surface area contributed by atoms with E-state index < -0.39 is 11.7 Å². The average Bonchev–Trinajstić information content (AvgIpc) is 2.18. The highest BCUT2D eigenvalue weighted by molar-refractivity contribution is 5.84. The van der Waals surface area contributed by atoms with Gasteiger partial charge in [-0.25, -0.2) is 0 Å². The van der Waals surface area contributed by atoms with Crippen LogP contribution in [0.4, 0.5) is 0 Å². The second-order valence-electron chi connectivity index (χ2n) is 3.87. The summed E-state index contributed by atoms with van der Waals surface area (Å²) in [6.07, 6.45) is -0.0692. The summed E-state index contributed by atoms with van der Waals surface area (Å²) in [6.45, 7) is 4.07. The van der Waals surface area contributed by atoms with Gasteiger partial charge < -0.3 is 19.9 Å². The maximum Gasteiger partial charge on any atom is 0.251 e. The third kappa shape index (κ3) is 5.71. The molecule has 0 radical (unpaired) electrons. The summed E-state index contributed by atoms with van der Waals surface area (Å²) in [5.74, 6) is -0.186. The van der Waals surface area contributed by atoms with E-state index in [4.69, 9.17) is 9.47 Å². The molecule has 0 bridgehead atoms. The van der Waals surface area contributed by atoms with E-state index in [9.17, 15) is 9.90 Å². The Hall–Kier alpha value is -0.650. The third-order valence-electron chi connectivity index (χ3n) is 2.18. The van der Waals surface area contributed by atoms with Crippen molar-refractivity contribution >= 4 is 5.91 Å². The van der Waals surface area contributed by atoms with E-state index in [1.54, 1.807) is 13.8 Å². The monoisotopic (exact) mass is 219 g/mol. The molecule has 0 aromatic carbocycles. The van der Waals surface area contributed by atoms with E-state index in [0.29, 0.717) is 13.0 Å². The average molecular weight is 219 g/mol. The maximum atomic E-state index is 11.5. The Bertz CT molecular complexity index is 194. The molecule has 0 aliphatic carbocycles. The summed E-state index contributed by atoms with van der Waals surface area (Å²) in [6, 6.07) is 0. The molecule has 1 unspecified atom stereocenters. The summed E-state index contributed by atoms with van der Waals surface area (Å²) in [4.78, 5) is 11.5. The topological polar surface area (TPSA) is 67.8 Å². The number of rotatable bonds is 7. The largest absolute Gasteiger partial charge is 0.391 e. The number of carbonyl (C=O) groups is 1. The molecule has 0 aromatic heterocycles. The van der Waals surface area contributed by atoms with E-state index in [1.165, 1.54) is 14.2 Å². The van der Waals surface area contributed by atoms with Crippen molar-refractivity contribution in [1.29, 1.82) is 0 Å². The van der Waals surface area contributed by atoms with Gasteiger partial charge in [-0.05, 0) is 20.3 Å². The fourth-order valence-electron chi connectivity index (χ4n) is 0.934. The molecule has 1 atom stereocenters. The number of hydrogen-bond donors (Lipinski definition) is 2. The van der Waals surface area contributed by atoms with Gasteiger partial charge in [0, 0.05) is 20.8 Å². The van der Waals surface area contributed by atoms with Crippen LogP contribution in [0.5, 0.6) is 0 Å². The Morgan fingerprint density at radius 1 is 1.47 bits per heavy atom. The van der Waals surface area contributed by atoms with Crippen LogP contribution in [0.15, 0.2) is 0 Å². The first-order chi connectivity index (χ1) is 6.94. The van der Waals surface area contributed by atoms with Crippen molar-refractivity contribution < 1.29 is 19.4 Å². The predicted molar refractivity (Wildman–Crippen MR) is 56.6 cm³/mol. The van der Waals surface area contributed by atoms with Crippen LogP contribution in [0, 0.1) is 0 Å². The fraction of sp³-hybridized carbons (Fsp3) is 0.900. The zero-order valence-corrected chi connectivity index (χ0v) is 9.87. The Kier molecular flexibility index (Phi) is 6.47. The van der Waals surface area contributed by atoms with Crippen molar-refractivity contribution in [3.05, 3.63) is 0 Å². The Balaban J connectivity index is 3.73. The van der Waals surface area contributed by atoms with Crippen molar-refractivity contribution in [3.8, 4) is 0 Å². The van der Waals surface area contributed by atoms with Crippen molar-refractivity contribution in [2.24, 2.45) is 0 Å². The smallest absolute Gasteiger partial charge is 0.251 e. The minimum Gasteiger partial charge on any atom is -0.391 e. The highest BCUT2D eigenvalue weighted by Crippen LogP contribution is 2.06. The molecule has 0 aliphatic rings. The van der Waals surface area contributed by atoms with E-state index >= 15 is 0 Å². The van der Waals surface area contributed by atoms with Gasteiger partial charge in [0.05, 0.1) is 12.7 Å². The number of hydrogen-bond acceptors (Lipinski definition) is 4. The summed E-state index contributed by atoms with van der Waals surface area (Å²) in [5, 5.41) is 12.0. The Labute approximate surface area is 90.8 Å². The molecular weight excluding hydrogens is 198 g/mol. The predicted octanol–water partition coefficient (Wildman–Crippen LogP) is -0.0750. The highest BCUT2D eigenvalue weighted by atomic mass is 16.5. The number of aliphatic hydroxyl groups is 1. The minimum atomic E-state index is -0.827. The van der Waals surface area contributed by atoms with Gasteiger partial charge in [-0.15, -0.1) is 0 Å². The molecule has 1 amide bonds. The number of methoxy groups -OCH3 is 2. The molecule has 0 saturated heterocycles. The maximum absolute atomic E-state index is 11.5. The lowest BCUT2D eigenvalue weighted by Crippen LogP contribution is -2.44. The first-order valence-electron chi connectivity index (χ1n) is 4.94. The second-order valence-corrected chi connectivity index (χ2v) is 3.87. The molecule has 0 aliphatic heterocycles. The van der Waals surface area contributed by atoms with Crippen molar-refractivity contribution in [1.82, 2.24) is 5.32 Å². The van der Waals surface area contributed by atoms with Gasteiger partial charge in [0.25, 0.3) is 5.91 Å². The highest BCUT2D eigenvalue weighted by Gasteiger charge is 2.26. The van der Waals surface area contributed by atoms with Crippen LogP contribution in [-0.2, 0) is 14.3 Å². The summed E-state index contributed by atoms with van der Waals surface area (Å²) in [5.41, 5.74) is -0.827. The summed E-state index contributed by atoms with van der Waals surface area (Å²) < 4.78 is 9.77. The van der Waals surface area contributed by atoms with Crippen molar-refractivity contribution in [2.45, 2.75) is 32.0 Å². The zero-order chi connectivity index (χ0) is 11.9. The second kappa shape index (κ2) is 6.76. The number of carbonyl (C=O) groups excluding carboxylic acids is 1. The molecule has 2 N–H and O–H groups in total. The third-order valence-corrected chi connectivity index (χ3v) is 2.18. The molecular formula is C10H21NO4. The molecule has 0 spiro atoms. The van der Waals surface area contributed by atoms with Crippen LogP contribution in [0.2, 0.25) is 0 Å². The van der Waals surface area contributed by atoms with Gasteiger partial charge in [0.2, 0.25) is 0 Å². The van der Waals surface area contributed by atoms with E-state index in [1.807, 2.05) is 0 Å². The zero-order valence-electron chi connectivity index (χ0n) is 9.87. The normalized spacial score (nSPS) is 13.7. The molecule has 0 aromatic rings. The lowest BCUT2D eigenvalue weighted by molar-refractivity contribution is -0.139. The van der Waals surface area contributed by atoms with E-state index in [0.717, 1.165) is 0 Å². The standard InChI is InChI=1S/C10H21NO4/c1-10(2,15-4)9(13)11-6-5-8(12)7-14-3/h8,12H,5-7H2,1-4H3,(H,11,13). The Morgan fingerprint density at radius 2 is 2.07 bits per heavy atom. The van der Waals surface area contributed by atoms with E-state index in [2.05, 4.69) is 5.32 Å². The SMILES string of the molecule is COCC(O)CCNC(=O)C(C)(C)OC. The lowest BCUT2D eigenvalue weighted by Gasteiger charge is -2.22. The van der Waals surface area contributed by atoms with Gasteiger partial charge in [0.15, 0.2) is 0 Å². The molecule has 5 heteroatoms. The number of aliphatic hydroxyl groups excluding tert-OH is 1. The van der Waals surface area contributed by atoms with Gasteiger partial charge in [-0.1, -0.05) is 0 Å². The van der Waals surface area contributed by atoms with Gasteiger partial charge in [-0.3, -0.25) is 4.79 Å². The minimum absolute atomic E-state index is 0.186. The van der Waals surface area contributed by atoms with Crippen molar-refractivity contribution in [2.75, 3.05) is 27.4 Å². The summed E-state index contributed by atoms with van der Waals surface area (Å²) in [7, 11) is 3.01. The van der Waals surface area contributed by atoms with E-state index in [-0.39, 0.29) is 12.5 Å². The van der Waals surface area contributed by atoms with Crippen LogP contribution in [-0.4, -0.2) is 50.1 Å². The molecule has 15 heavy (non-hydrogen) atoms. The number of amides is 1. The number of ether oxygens (including phenoxy) is 2. The van der Waals surface area contributed by atoms with Crippen LogP contribution in [0.3, 0.4) is 0 Å². The molecule has 5 nitrogen and oxygen atoms in total. The fourth-order valence-corrected chi connectivity index (χ4v) is 0.934. The number of nitrogens with one attached hydrogen (secondary N) is 1. The summed E-state index contributed by atoms with van der Waals surface area (Å²) >= 11 is 0. The van der Waals surface area contributed by atoms with Crippen LogP contribution >= 0.6 is 0 Å². The van der Waals surface area contributed by atoms with Crippen LogP contribution in [0.25, 0.3) is 0 Å². The molecule has 90 valence electrons. The Morgan fingerprint density at radius 3 is 2.53 bits per heavy atom. The van der Waals surface area contributed by atoms with Gasteiger partial charge in [0.1, 0.15) is 5.60 Å². The quantitative estimate of drug-likeness (QED) is 0.628. The first-order valence-corrected chi connectivity index (χ1v) is 4.94.